The second-order valence-electron chi connectivity index (χ2n) is 6.19. The van der Waals surface area contributed by atoms with Crippen molar-refractivity contribution in [3.63, 3.8) is 0 Å². The van der Waals surface area contributed by atoms with Crippen molar-refractivity contribution in [2.75, 3.05) is 23.8 Å². The number of likely N-dealkylation sites (N-methyl/N-ethyl adjacent to an activating group) is 1. The Kier molecular flexibility index (Phi) is 4.97. The number of rotatable bonds is 5. The van der Waals surface area contributed by atoms with Gasteiger partial charge in [-0.3, -0.25) is 4.79 Å². The van der Waals surface area contributed by atoms with E-state index >= 15 is 0 Å². The largest absolute Gasteiger partial charge is 0.350 e. The van der Waals surface area contributed by atoms with Gasteiger partial charge in [-0.25, -0.2) is 4.98 Å². The molecule has 0 fully saturated rings. The van der Waals surface area contributed by atoms with Gasteiger partial charge in [0.2, 0.25) is 5.91 Å². The van der Waals surface area contributed by atoms with Gasteiger partial charge >= 0.3 is 0 Å². The van der Waals surface area contributed by atoms with E-state index in [-0.39, 0.29) is 12.5 Å². The number of para-hydroxylation sites is 1. The summed E-state index contributed by atoms with van der Waals surface area (Å²) in [6.07, 6.45) is 1.67. The van der Waals surface area contributed by atoms with Crippen LogP contribution in [0.3, 0.4) is 0 Å². The maximum Gasteiger partial charge on any atom is 0.261 e. The molecule has 0 saturated carbocycles. The summed E-state index contributed by atoms with van der Waals surface area (Å²) in [4.78, 5) is 22.9. The summed E-state index contributed by atoms with van der Waals surface area (Å²) in [6.45, 7) is 5.85. The Morgan fingerprint density at radius 1 is 1.15 bits per heavy atom. The number of nitrogens with one attached hydrogen (secondary N) is 1. The summed E-state index contributed by atoms with van der Waals surface area (Å²) < 4.78 is 5.24. The zero-order valence-corrected chi connectivity index (χ0v) is 15.3. The molecule has 0 radical (unpaired) electrons. The van der Waals surface area contributed by atoms with Crippen molar-refractivity contribution in [3.05, 3.63) is 53.5 Å². The molecule has 2 heterocycles. The fraction of sp³-hybridized carbons (Fsp3) is 0.263. The van der Waals surface area contributed by atoms with Crippen LogP contribution in [0.2, 0.25) is 0 Å². The molecule has 1 N–H and O–H groups in total. The summed E-state index contributed by atoms with van der Waals surface area (Å²) in [7, 11) is 1.80. The molecule has 0 aliphatic carbocycles. The molecule has 7 nitrogen and oxygen atoms in total. The van der Waals surface area contributed by atoms with E-state index < -0.39 is 0 Å². The lowest BCUT2D eigenvalue weighted by Crippen LogP contribution is -2.31. The lowest BCUT2D eigenvalue weighted by Gasteiger charge is -2.20. The number of aryl methyl sites for hydroxylation is 3. The first-order valence-electron chi connectivity index (χ1n) is 8.28. The van der Waals surface area contributed by atoms with Gasteiger partial charge in [-0.05, 0) is 44.0 Å². The van der Waals surface area contributed by atoms with Gasteiger partial charge in [-0.2, -0.15) is 4.98 Å². The highest BCUT2D eigenvalue weighted by Gasteiger charge is 2.18. The molecule has 134 valence electrons. The van der Waals surface area contributed by atoms with E-state index in [1.165, 1.54) is 0 Å². The van der Waals surface area contributed by atoms with Gasteiger partial charge in [0.05, 0.1) is 12.1 Å². The Balaban J connectivity index is 1.78. The molecule has 3 aromatic rings. The number of hydrogen-bond donors (Lipinski definition) is 1. The van der Waals surface area contributed by atoms with Gasteiger partial charge in [0, 0.05) is 18.9 Å². The standard InChI is InChI=1S/C19H21N5O2/c1-12-7-5-8-13(2)17(12)22-16(25)11-24(4)18-15(9-6-10-20-18)19-21-14(3)23-26-19/h5-10H,11H2,1-4H3,(H,22,25). The van der Waals surface area contributed by atoms with Gasteiger partial charge in [0.15, 0.2) is 5.82 Å². The number of carbonyl (C=O) groups excluding carboxylic acids is 1. The van der Waals surface area contributed by atoms with Crippen LogP contribution in [0, 0.1) is 20.8 Å². The molecule has 0 bridgehead atoms. The molecule has 0 spiro atoms. The molecule has 0 aliphatic heterocycles. The van der Waals surface area contributed by atoms with Crippen LogP contribution >= 0.6 is 0 Å². The van der Waals surface area contributed by atoms with Crippen molar-refractivity contribution in [2.45, 2.75) is 20.8 Å². The molecule has 0 atom stereocenters. The molecule has 0 unspecified atom stereocenters. The van der Waals surface area contributed by atoms with Crippen LogP contribution in [0.15, 0.2) is 41.1 Å². The van der Waals surface area contributed by atoms with E-state index in [0.29, 0.717) is 23.1 Å². The number of amides is 1. The van der Waals surface area contributed by atoms with Crippen LogP contribution in [0.1, 0.15) is 17.0 Å². The molecular formula is C19H21N5O2. The van der Waals surface area contributed by atoms with Crippen molar-refractivity contribution >= 4 is 17.4 Å². The minimum absolute atomic E-state index is 0.122. The SMILES string of the molecule is Cc1noc(-c2cccnc2N(C)CC(=O)Nc2c(C)cccc2C)n1. The number of hydrogen-bond acceptors (Lipinski definition) is 6. The van der Waals surface area contributed by atoms with E-state index in [0.717, 1.165) is 16.8 Å². The smallest absolute Gasteiger partial charge is 0.261 e. The number of nitrogens with zero attached hydrogens (tertiary/aromatic N) is 4. The molecule has 0 aliphatic rings. The van der Waals surface area contributed by atoms with E-state index in [1.54, 1.807) is 31.1 Å². The zero-order valence-electron chi connectivity index (χ0n) is 15.3. The second-order valence-corrected chi connectivity index (χ2v) is 6.19. The van der Waals surface area contributed by atoms with Gasteiger partial charge in [0.25, 0.3) is 5.89 Å². The second kappa shape index (κ2) is 7.35. The number of aromatic nitrogens is 3. The third-order valence-corrected chi connectivity index (χ3v) is 4.03. The molecule has 2 aromatic heterocycles. The van der Waals surface area contributed by atoms with Gasteiger partial charge in [-0.15, -0.1) is 0 Å². The maximum absolute atomic E-state index is 12.5. The van der Waals surface area contributed by atoms with Crippen LogP contribution in [-0.4, -0.2) is 34.6 Å². The van der Waals surface area contributed by atoms with Crippen molar-refractivity contribution in [3.8, 4) is 11.5 Å². The average Bonchev–Trinajstić information content (AvgIpc) is 3.04. The van der Waals surface area contributed by atoms with Crippen LogP contribution < -0.4 is 10.2 Å². The Hall–Kier alpha value is -3.22. The fourth-order valence-corrected chi connectivity index (χ4v) is 2.76. The van der Waals surface area contributed by atoms with Gasteiger partial charge in [0.1, 0.15) is 5.82 Å². The number of pyridine rings is 1. The van der Waals surface area contributed by atoms with E-state index in [4.69, 9.17) is 4.52 Å². The van der Waals surface area contributed by atoms with Crippen LogP contribution in [0.5, 0.6) is 0 Å². The van der Waals surface area contributed by atoms with Crippen LogP contribution in [-0.2, 0) is 4.79 Å². The first-order valence-corrected chi connectivity index (χ1v) is 8.28. The number of benzene rings is 1. The Labute approximate surface area is 152 Å². The molecule has 3 rings (SSSR count). The van der Waals surface area contributed by atoms with Gasteiger partial charge in [-0.1, -0.05) is 23.4 Å². The molecule has 0 saturated heterocycles. The fourth-order valence-electron chi connectivity index (χ4n) is 2.76. The summed E-state index contributed by atoms with van der Waals surface area (Å²) in [5, 5.41) is 6.80. The molecule has 26 heavy (non-hydrogen) atoms. The lowest BCUT2D eigenvalue weighted by molar-refractivity contribution is -0.114. The summed E-state index contributed by atoms with van der Waals surface area (Å²) >= 11 is 0. The lowest BCUT2D eigenvalue weighted by atomic mass is 10.1. The van der Waals surface area contributed by atoms with E-state index in [1.807, 2.05) is 38.1 Å². The predicted molar refractivity (Wildman–Crippen MR) is 100 cm³/mol. The number of carbonyl (C=O) groups is 1. The Morgan fingerprint density at radius 2 is 1.88 bits per heavy atom. The summed E-state index contributed by atoms with van der Waals surface area (Å²) in [5.41, 5.74) is 3.59. The molecule has 1 aromatic carbocycles. The average molecular weight is 351 g/mol. The zero-order chi connectivity index (χ0) is 18.7. The van der Waals surface area contributed by atoms with Crippen LogP contribution in [0.25, 0.3) is 11.5 Å². The van der Waals surface area contributed by atoms with Gasteiger partial charge < -0.3 is 14.7 Å². The quantitative estimate of drug-likeness (QED) is 0.760. The molecule has 7 heteroatoms. The maximum atomic E-state index is 12.5. The highest BCUT2D eigenvalue weighted by atomic mass is 16.5. The topological polar surface area (TPSA) is 84.2 Å². The van der Waals surface area contributed by atoms with Crippen molar-refractivity contribution < 1.29 is 9.32 Å². The highest BCUT2D eigenvalue weighted by Crippen LogP contribution is 2.26. The monoisotopic (exact) mass is 351 g/mol. The third-order valence-electron chi connectivity index (χ3n) is 4.03. The predicted octanol–water partition coefficient (Wildman–Crippen LogP) is 3.13. The summed E-state index contributed by atoms with van der Waals surface area (Å²) in [6, 6.07) is 9.55. The summed E-state index contributed by atoms with van der Waals surface area (Å²) in [5.74, 6) is 1.41. The first-order chi connectivity index (χ1) is 12.5. The van der Waals surface area contributed by atoms with Crippen molar-refractivity contribution in [2.24, 2.45) is 0 Å². The number of anilines is 2. The van der Waals surface area contributed by atoms with Crippen molar-refractivity contribution in [1.29, 1.82) is 0 Å². The first kappa shape index (κ1) is 17.6. The minimum atomic E-state index is -0.122. The Morgan fingerprint density at radius 3 is 2.54 bits per heavy atom. The van der Waals surface area contributed by atoms with Crippen molar-refractivity contribution in [1.82, 2.24) is 15.1 Å². The normalized spacial score (nSPS) is 10.6. The third kappa shape index (κ3) is 3.72. The van der Waals surface area contributed by atoms with Crippen LogP contribution in [0.4, 0.5) is 11.5 Å². The Bertz CT molecular complexity index is 915. The minimum Gasteiger partial charge on any atom is -0.350 e. The molecular weight excluding hydrogens is 330 g/mol. The highest BCUT2D eigenvalue weighted by molar-refractivity contribution is 5.95. The van der Waals surface area contributed by atoms with E-state index in [9.17, 15) is 4.79 Å². The molecule has 1 amide bonds. The van der Waals surface area contributed by atoms with E-state index in [2.05, 4.69) is 20.4 Å².